The van der Waals surface area contributed by atoms with E-state index in [1.807, 2.05) is 31.2 Å². The number of rotatable bonds is 8. The van der Waals surface area contributed by atoms with Gasteiger partial charge in [0.15, 0.2) is 6.61 Å². The van der Waals surface area contributed by atoms with Crippen LogP contribution in [0.1, 0.15) is 24.2 Å². The molecule has 6 nitrogen and oxygen atoms in total. The van der Waals surface area contributed by atoms with Gasteiger partial charge in [-0.3, -0.25) is 0 Å². The first-order chi connectivity index (χ1) is 10.2. The molecule has 0 aliphatic carbocycles. The Morgan fingerprint density at radius 3 is 2.71 bits per heavy atom. The summed E-state index contributed by atoms with van der Waals surface area (Å²) in [5, 5.41) is 16.0. The summed E-state index contributed by atoms with van der Waals surface area (Å²) >= 11 is 0. The van der Waals surface area contributed by atoms with Crippen molar-refractivity contribution in [2.24, 2.45) is 5.92 Å². The number of aliphatic hydroxyl groups is 1. The molecule has 0 aliphatic rings. The molecule has 2 rings (SSSR count). The highest BCUT2D eigenvalue weighted by Crippen LogP contribution is 2.13. The lowest BCUT2D eigenvalue weighted by atomic mass is 10.2. The molecule has 0 amide bonds. The Morgan fingerprint density at radius 2 is 2.10 bits per heavy atom. The second-order valence-corrected chi connectivity index (χ2v) is 5.08. The van der Waals surface area contributed by atoms with Gasteiger partial charge in [0.25, 0.3) is 0 Å². The predicted octanol–water partition coefficient (Wildman–Crippen LogP) is 1.68. The highest BCUT2D eigenvalue weighted by Gasteiger charge is 2.03. The summed E-state index contributed by atoms with van der Waals surface area (Å²) < 4.78 is 10.5. The summed E-state index contributed by atoms with van der Waals surface area (Å²) in [7, 11) is 0. The predicted molar refractivity (Wildman–Crippen MR) is 77.8 cm³/mol. The number of aromatic nitrogens is 2. The van der Waals surface area contributed by atoms with E-state index in [-0.39, 0.29) is 12.5 Å². The number of nitrogens with zero attached hydrogens (tertiary/aromatic N) is 2. The van der Waals surface area contributed by atoms with Crippen LogP contribution in [0.3, 0.4) is 0 Å². The van der Waals surface area contributed by atoms with Crippen molar-refractivity contribution in [1.82, 2.24) is 15.5 Å². The molecule has 0 saturated carbocycles. The monoisotopic (exact) mass is 291 g/mol. The van der Waals surface area contributed by atoms with Crippen LogP contribution in [0.15, 0.2) is 28.8 Å². The minimum Gasteiger partial charge on any atom is -0.485 e. The van der Waals surface area contributed by atoms with E-state index in [0.29, 0.717) is 18.3 Å². The molecule has 114 valence electrons. The van der Waals surface area contributed by atoms with Gasteiger partial charge in [0.2, 0.25) is 11.7 Å². The van der Waals surface area contributed by atoms with Crippen LogP contribution < -0.4 is 10.1 Å². The maximum absolute atomic E-state index is 8.95. The van der Waals surface area contributed by atoms with E-state index in [9.17, 15) is 0 Å². The highest BCUT2D eigenvalue weighted by atomic mass is 16.5. The molecule has 1 unspecified atom stereocenters. The Kier molecular flexibility index (Phi) is 5.71. The van der Waals surface area contributed by atoms with E-state index in [1.54, 1.807) is 6.92 Å². The Balaban J connectivity index is 1.76. The maximum Gasteiger partial charge on any atom is 0.223 e. The maximum atomic E-state index is 8.95. The topological polar surface area (TPSA) is 80.4 Å². The fraction of sp³-hybridized carbons (Fsp3) is 0.467. The fourth-order valence-electron chi connectivity index (χ4n) is 1.78. The summed E-state index contributed by atoms with van der Waals surface area (Å²) in [5.41, 5.74) is 1.17. The van der Waals surface area contributed by atoms with Crippen LogP contribution in [0, 0.1) is 12.8 Å². The standard InChI is InChI=1S/C15H21N3O3/c1-11(9-19)7-16-8-13-3-5-14(6-4-13)20-10-15-17-12(2)21-18-15/h3-6,11,16,19H,7-10H2,1-2H3. The van der Waals surface area contributed by atoms with Crippen molar-refractivity contribution in [3.63, 3.8) is 0 Å². The lowest BCUT2D eigenvalue weighted by Gasteiger charge is -2.10. The number of ether oxygens (including phenoxy) is 1. The van der Waals surface area contributed by atoms with Crippen molar-refractivity contribution in [2.45, 2.75) is 27.0 Å². The lowest BCUT2D eigenvalue weighted by Crippen LogP contribution is -2.22. The molecule has 2 N–H and O–H groups in total. The first-order valence-corrected chi connectivity index (χ1v) is 7.00. The van der Waals surface area contributed by atoms with Crippen LogP contribution in [-0.4, -0.2) is 28.4 Å². The van der Waals surface area contributed by atoms with Gasteiger partial charge in [0.05, 0.1) is 0 Å². The molecular formula is C15H21N3O3. The van der Waals surface area contributed by atoms with Crippen molar-refractivity contribution < 1.29 is 14.4 Å². The van der Waals surface area contributed by atoms with Crippen LogP contribution in [0.4, 0.5) is 0 Å². The number of benzene rings is 1. The highest BCUT2D eigenvalue weighted by molar-refractivity contribution is 5.27. The Labute approximate surface area is 124 Å². The molecular weight excluding hydrogens is 270 g/mol. The minimum absolute atomic E-state index is 0.204. The van der Waals surface area contributed by atoms with Gasteiger partial charge in [0, 0.05) is 26.6 Å². The van der Waals surface area contributed by atoms with E-state index in [1.165, 1.54) is 5.56 Å². The number of hydrogen-bond acceptors (Lipinski definition) is 6. The Hall–Kier alpha value is -1.92. The summed E-state index contributed by atoms with van der Waals surface area (Å²) in [5.74, 6) is 2.11. The average molecular weight is 291 g/mol. The van der Waals surface area contributed by atoms with E-state index in [4.69, 9.17) is 14.4 Å². The molecule has 0 aliphatic heterocycles. The zero-order valence-corrected chi connectivity index (χ0v) is 12.4. The largest absolute Gasteiger partial charge is 0.485 e. The van der Waals surface area contributed by atoms with E-state index in [2.05, 4.69) is 15.5 Å². The van der Waals surface area contributed by atoms with Gasteiger partial charge in [-0.25, -0.2) is 0 Å². The van der Waals surface area contributed by atoms with Crippen molar-refractivity contribution in [3.8, 4) is 5.75 Å². The quantitative estimate of drug-likeness (QED) is 0.770. The van der Waals surface area contributed by atoms with E-state index in [0.717, 1.165) is 18.8 Å². The molecule has 21 heavy (non-hydrogen) atoms. The molecule has 0 spiro atoms. The molecule has 1 heterocycles. The van der Waals surface area contributed by atoms with Crippen LogP contribution in [0.5, 0.6) is 5.75 Å². The molecule has 1 aromatic carbocycles. The second-order valence-electron chi connectivity index (χ2n) is 5.08. The second kappa shape index (κ2) is 7.75. The SMILES string of the molecule is Cc1nc(COc2ccc(CNCC(C)CO)cc2)no1. The molecule has 0 fully saturated rings. The van der Waals surface area contributed by atoms with Crippen molar-refractivity contribution in [2.75, 3.05) is 13.2 Å². The van der Waals surface area contributed by atoms with Gasteiger partial charge >= 0.3 is 0 Å². The van der Waals surface area contributed by atoms with Gasteiger partial charge in [0.1, 0.15) is 5.75 Å². The third-order valence-corrected chi connectivity index (χ3v) is 2.99. The van der Waals surface area contributed by atoms with Crippen molar-refractivity contribution in [3.05, 3.63) is 41.5 Å². The van der Waals surface area contributed by atoms with Crippen LogP contribution in [0.2, 0.25) is 0 Å². The summed E-state index contributed by atoms with van der Waals surface area (Å²) in [6.07, 6.45) is 0. The average Bonchev–Trinajstić information content (AvgIpc) is 2.92. The van der Waals surface area contributed by atoms with Crippen molar-refractivity contribution in [1.29, 1.82) is 0 Å². The van der Waals surface area contributed by atoms with Gasteiger partial charge in [-0.15, -0.1) is 0 Å². The molecule has 0 radical (unpaired) electrons. The first kappa shape index (κ1) is 15.5. The first-order valence-electron chi connectivity index (χ1n) is 7.00. The normalized spacial score (nSPS) is 12.3. The summed E-state index contributed by atoms with van der Waals surface area (Å²) in [6.45, 7) is 5.82. The smallest absolute Gasteiger partial charge is 0.223 e. The third-order valence-electron chi connectivity index (χ3n) is 2.99. The van der Waals surface area contributed by atoms with Crippen LogP contribution in [-0.2, 0) is 13.2 Å². The number of nitrogens with one attached hydrogen (secondary N) is 1. The summed E-state index contributed by atoms with van der Waals surface area (Å²) in [4.78, 5) is 4.08. The third kappa shape index (κ3) is 5.17. The molecule has 0 bridgehead atoms. The lowest BCUT2D eigenvalue weighted by molar-refractivity contribution is 0.233. The van der Waals surface area contributed by atoms with Gasteiger partial charge in [-0.1, -0.05) is 24.2 Å². The van der Waals surface area contributed by atoms with Gasteiger partial charge < -0.3 is 19.7 Å². The Bertz CT molecular complexity index is 539. The van der Waals surface area contributed by atoms with Crippen LogP contribution in [0.25, 0.3) is 0 Å². The van der Waals surface area contributed by atoms with E-state index >= 15 is 0 Å². The zero-order valence-electron chi connectivity index (χ0n) is 12.4. The van der Waals surface area contributed by atoms with Crippen molar-refractivity contribution >= 4 is 0 Å². The van der Waals surface area contributed by atoms with Gasteiger partial charge in [-0.2, -0.15) is 4.98 Å². The molecule has 1 aromatic heterocycles. The molecule has 0 saturated heterocycles. The van der Waals surface area contributed by atoms with E-state index < -0.39 is 0 Å². The molecule has 2 aromatic rings. The fourth-order valence-corrected chi connectivity index (χ4v) is 1.78. The molecule has 1 atom stereocenters. The van der Waals surface area contributed by atoms with Gasteiger partial charge in [-0.05, 0) is 23.6 Å². The minimum atomic E-state index is 0.204. The number of aryl methyl sites for hydroxylation is 1. The number of aliphatic hydroxyl groups excluding tert-OH is 1. The number of hydrogen-bond donors (Lipinski definition) is 2. The summed E-state index contributed by atoms with van der Waals surface area (Å²) in [6, 6.07) is 7.85. The van der Waals surface area contributed by atoms with Crippen LogP contribution >= 0.6 is 0 Å². The Morgan fingerprint density at radius 1 is 1.33 bits per heavy atom. The molecule has 6 heteroatoms. The zero-order chi connectivity index (χ0) is 15.1.